The first-order valence-corrected chi connectivity index (χ1v) is 9.05. The summed E-state index contributed by atoms with van der Waals surface area (Å²) in [7, 11) is 0. The highest BCUT2D eigenvalue weighted by Crippen LogP contribution is 2.27. The molecule has 130 valence electrons. The molecule has 6 nitrogen and oxygen atoms in total. The number of rotatable bonds is 7. The van der Waals surface area contributed by atoms with Gasteiger partial charge in [0.25, 0.3) is 17.4 Å². The fourth-order valence-corrected chi connectivity index (χ4v) is 3.25. The third-order valence-electron chi connectivity index (χ3n) is 3.94. The van der Waals surface area contributed by atoms with E-state index < -0.39 is 5.44 Å². The Bertz CT molecular complexity index is 737. The summed E-state index contributed by atoms with van der Waals surface area (Å²) in [5.74, 6) is -0.321. The highest BCUT2D eigenvalue weighted by atomic mass is 32.2. The van der Waals surface area contributed by atoms with Crippen molar-refractivity contribution in [3.05, 3.63) is 70.4 Å². The number of nitrogens with zero attached hydrogens (tertiary/aromatic N) is 3. The number of nitroso groups, excluding NO2 is 1. The van der Waals surface area contributed by atoms with E-state index >= 15 is 0 Å². The molecule has 2 aromatic rings. The Kier molecular flexibility index (Phi) is 5.78. The first kappa shape index (κ1) is 17.6. The topological polar surface area (TPSA) is 62.5 Å². The lowest BCUT2D eigenvalue weighted by Gasteiger charge is -2.07. The van der Waals surface area contributed by atoms with E-state index in [1.54, 1.807) is 0 Å². The third-order valence-corrected chi connectivity index (χ3v) is 4.84. The molecule has 2 heterocycles. The van der Waals surface area contributed by atoms with Crippen molar-refractivity contribution in [2.45, 2.75) is 31.7 Å². The van der Waals surface area contributed by atoms with E-state index in [0.29, 0.717) is 17.3 Å². The van der Waals surface area contributed by atoms with E-state index in [0.717, 1.165) is 29.6 Å². The quantitative estimate of drug-likeness (QED) is 0.562. The van der Waals surface area contributed by atoms with E-state index in [9.17, 15) is 9.70 Å². The van der Waals surface area contributed by atoms with E-state index in [1.165, 1.54) is 10.6 Å². The number of hydrogen-bond donors (Lipinski definition) is 0. The zero-order chi connectivity index (χ0) is 17.6. The van der Waals surface area contributed by atoms with Crippen LogP contribution in [0.5, 0.6) is 0 Å². The van der Waals surface area contributed by atoms with Gasteiger partial charge in [0.2, 0.25) is 4.27 Å². The molecule has 0 spiro atoms. The molecular formula is C18H20N3O3S+. The smallest absolute Gasteiger partial charge is 0.329 e. The van der Waals surface area contributed by atoms with E-state index in [-0.39, 0.29) is 12.5 Å². The molecule has 1 atom stereocenters. The predicted octanol–water partition coefficient (Wildman–Crippen LogP) is 2.91. The van der Waals surface area contributed by atoms with Crippen LogP contribution in [0.15, 0.2) is 48.7 Å². The minimum Gasteiger partial charge on any atom is -0.352 e. The number of hydrazine groups is 1. The molecule has 1 saturated heterocycles. The molecule has 0 radical (unpaired) electrons. The molecule has 3 rings (SSSR count). The van der Waals surface area contributed by atoms with Crippen molar-refractivity contribution in [1.29, 1.82) is 0 Å². The second-order valence-electron chi connectivity index (χ2n) is 5.69. The van der Waals surface area contributed by atoms with Crippen LogP contribution < -0.4 is 0 Å². The average molecular weight is 358 g/mol. The zero-order valence-electron chi connectivity index (χ0n) is 14.0. The summed E-state index contributed by atoms with van der Waals surface area (Å²) in [6.45, 7) is 2.67. The van der Waals surface area contributed by atoms with Crippen LogP contribution in [0.4, 0.5) is 0 Å². The molecule has 0 bridgehead atoms. The van der Waals surface area contributed by atoms with Gasteiger partial charge in [0.05, 0.1) is 11.5 Å². The molecule has 0 N–H and O–H groups in total. The van der Waals surface area contributed by atoms with Gasteiger partial charge in [0, 0.05) is 18.3 Å². The monoisotopic (exact) mass is 358 g/mol. The molecule has 7 heteroatoms. The number of benzene rings is 1. The Hall–Kier alpha value is -2.25. The van der Waals surface area contributed by atoms with E-state index in [2.05, 4.69) is 11.9 Å². The first-order chi connectivity index (χ1) is 12.2. The highest BCUT2D eigenvalue weighted by Gasteiger charge is 2.50. The van der Waals surface area contributed by atoms with Gasteiger partial charge in [-0.3, -0.25) is 9.78 Å². The molecule has 1 unspecified atom stereocenters. The average Bonchev–Trinajstić information content (AvgIpc) is 2.91. The summed E-state index contributed by atoms with van der Waals surface area (Å²) in [6, 6.07) is 13.4. The van der Waals surface area contributed by atoms with Gasteiger partial charge in [-0.25, -0.2) is 0 Å². The summed E-state index contributed by atoms with van der Waals surface area (Å²) in [5.41, 5.74) is 2.20. The first-order valence-electron chi connectivity index (χ1n) is 8.22. The zero-order valence-corrected chi connectivity index (χ0v) is 14.8. The molecular weight excluding hydrogens is 338 g/mol. The van der Waals surface area contributed by atoms with Crippen molar-refractivity contribution >= 4 is 17.9 Å². The Morgan fingerprint density at radius 3 is 2.68 bits per heavy atom. The van der Waals surface area contributed by atoms with Gasteiger partial charge in [-0.2, -0.15) is 0 Å². The number of hydrogen-bond acceptors (Lipinski definition) is 5. The Labute approximate surface area is 150 Å². The van der Waals surface area contributed by atoms with Gasteiger partial charge < -0.3 is 4.74 Å². The number of pyridine rings is 1. The standard InChI is InChI=1S/C18H20N3O3S/c1-2-14-8-9-16(19-12-14)10-11-24-18-17(22)20(21(23)25-18)13-15-6-4-3-5-7-15/h3-9,12,18H,2,10-11,13H2,1H3/q+1. The van der Waals surface area contributed by atoms with Crippen LogP contribution in [0.3, 0.4) is 0 Å². The lowest BCUT2D eigenvalue weighted by molar-refractivity contribution is -0.544. The van der Waals surface area contributed by atoms with Crippen molar-refractivity contribution in [2.24, 2.45) is 0 Å². The molecule has 1 aromatic carbocycles. The molecule has 0 saturated carbocycles. The molecule has 1 fully saturated rings. The number of aromatic nitrogens is 1. The third kappa shape index (κ3) is 4.43. The summed E-state index contributed by atoms with van der Waals surface area (Å²) in [5, 5.41) is 1.17. The largest absolute Gasteiger partial charge is 0.352 e. The number of aryl methyl sites for hydroxylation is 1. The van der Waals surface area contributed by atoms with Gasteiger partial charge in [0.1, 0.15) is 6.54 Å². The van der Waals surface area contributed by atoms with Crippen LogP contribution in [0.25, 0.3) is 0 Å². The SMILES string of the molecule is CCc1ccc(CCOC2S[N+](=O)N(Cc3ccccc3)C2=O)nc1. The van der Waals surface area contributed by atoms with Crippen LogP contribution in [0.1, 0.15) is 23.7 Å². The summed E-state index contributed by atoms with van der Waals surface area (Å²) in [4.78, 5) is 28.7. The van der Waals surface area contributed by atoms with Gasteiger partial charge in [0.15, 0.2) is 0 Å². The van der Waals surface area contributed by atoms with Gasteiger partial charge >= 0.3 is 5.91 Å². The number of carbonyl (C=O) groups excluding carboxylic acids is 1. The highest BCUT2D eigenvalue weighted by molar-refractivity contribution is 7.94. The maximum Gasteiger partial charge on any atom is 0.329 e. The summed E-state index contributed by atoms with van der Waals surface area (Å²) in [6.07, 6.45) is 3.41. The van der Waals surface area contributed by atoms with Crippen LogP contribution in [0, 0.1) is 4.91 Å². The van der Waals surface area contributed by atoms with Gasteiger partial charge in [-0.15, -0.1) is 0 Å². The predicted molar refractivity (Wildman–Crippen MR) is 95.3 cm³/mol. The lowest BCUT2D eigenvalue weighted by Crippen LogP contribution is -2.33. The fourth-order valence-electron chi connectivity index (χ4n) is 2.46. The second kappa shape index (κ2) is 8.22. The Morgan fingerprint density at radius 2 is 2.00 bits per heavy atom. The van der Waals surface area contributed by atoms with E-state index in [4.69, 9.17) is 4.74 Å². The van der Waals surface area contributed by atoms with Crippen LogP contribution in [-0.2, 0) is 28.9 Å². The maximum atomic E-state index is 12.4. The van der Waals surface area contributed by atoms with Crippen LogP contribution >= 0.6 is 11.9 Å². The minimum absolute atomic E-state index is 0.246. The van der Waals surface area contributed by atoms with Crippen LogP contribution in [-0.4, -0.2) is 32.2 Å². The molecule has 1 aromatic heterocycles. The fraction of sp³-hybridized carbons (Fsp3) is 0.333. The minimum atomic E-state index is -0.795. The van der Waals surface area contributed by atoms with Crippen molar-refractivity contribution in [3.63, 3.8) is 0 Å². The lowest BCUT2D eigenvalue weighted by atomic mass is 10.2. The molecule has 1 amide bonds. The van der Waals surface area contributed by atoms with Gasteiger partial charge in [-0.05, 0) is 23.6 Å². The van der Waals surface area contributed by atoms with Crippen molar-refractivity contribution in [1.82, 2.24) is 9.99 Å². The summed E-state index contributed by atoms with van der Waals surface area (Å²) >= 11 is 0.854. The number of amides is 1. The van der Waals surface area contributed by atoms with E-state index in [1.807, 2.05) is 48.7 Å². The molecule has 25 heavy (non-hydrogen) atoms. The maximum absolute atomic E-state index is 12.4. The normalized spacial score (nSPS) is 17.3. The molecule has 1 aliphatic rings. The van der Waals surface area contributed by atoms with Crippen molar-refractivity contribution in [2.75, 3.05) is 6.61 Å². The van der Waals surface area contributed by atoms with Crippen molar-refractivity contribution in [3.8, 4) is 0 Å². The Balaban J connectivity index is 1.51. The van der Waals surface area contributed by atoms with Crippen molar-refractivity contribution < 1.29 is 13.8 Å². The second-order valence-corrected chi connectivity index (χ2v) is 6.64. The van der Waals surface area contributed by atoms with Crippen LogP contribution in [0.2, 0.25) is 0 Å². The summed E-state index contributed by atoms with van der Waals surface area (Å²) < 4.78 is 6.21. The van der Waals surface area contributed by atoms with Gasteiger partial charge in [-0.1, -0.05) is 48.3 Å². The molecule has 0 aliphatic carbocycles. The Morgan fingerprint density at radius 1 is 1.20 bits per heavy atom. The molecule has 1 aliphatic heterocycles. The number of carbonyl (C=O) groups is 1. The number of ether oxygens (including phenoxy) is 1.